The number of allylic oxidation sites excluding steroid dienone is 1. The van der Waals surface area contributed by atoms with Gasteiger partial charge in [-0.15, -0.1) is 0 Å². The Balaban J connectivity index is 1.79. The predicted molar refractivity (Wildman–Crippen MR) is 86.6 cm³/mol. The summed E-state index contributed by atoms with van der Waals surface area (Å²) >= 11 is 0. The Morgan fingerprint density at radius 3 is 2.63 bits per heavy atom. The fourth-order valence-electron chi connectivity index (χ4n) is 3.58. The van der Waals surface area contributed by atoms with E-state index in [1.54, 1.807) is 16.3 Å². The summed E-state index contributed by atoms with van der Waals surface area (Å²) in [6.45, 7) is 8.77. The van der Waals surface area contributed by atoms with E-state index in [1.165, 1.54) is 38.4 Å². The molecule has 102 valence electrons. The second-order valence-corrected chi connectivity index (χ2v) is 11.4. The Hall–Kier alpha value is -0.863. The van der Waals surface area contributed by atoms with Crippen LogP contribution in [0.5, 0.6) is 0 Å². The molecule has 2 aliphatic rings. The lowest BCUT2D eigenvalue weighted by Crippen LogP contribution is -2.37. The summed E-state index contributed by atoms with van der Waals surface area (Å²) in [5.74, 6) is 0. The zero-order chi connectivity index (χ0) is 13.3. The van der Waals surface area contributed by atoms with Crippen LogP contribution in [0.1, 0.15) is 24.8 Å². The van der Waals surface area contributed by atoms with Crippen LogP contribution >= 0.6 is 0 Å². The molecule has 1 saturated heterocycles. The number of piperidine rings is 1. The van der Waals surface area contributed by atoms with Crippen molar-refractivity contribution in [1.29, 1.82) is 0 Å². The molecule has 1 nitrogen and oxygen atoms in total. The highest BCUT2D eigenvalue weighted by Crippen LogP contribution is 2.33. The standard InChI is InChI=1S/C17H25NSi/c1-19(2)14-15(16-8-4-5-9-17(16)19)10-13-18-11-6-3-7-12-18/h4-5,8-10H,3,6-7,11-14H2,1-2H3/b15-10+. The predicted octanol–water partition coefficient (Wildman–Crippen LogP) is 3.48. The summed E-state index contributed by atoms with van der Waals surface area (Å²) in [6, 6.07) is 10.4. The van der Waals surface area contributed by atoms with Crippen LogP contribution in [0.15, 0.2) is 30.3 Å². The number of fused-ring (bicyclic) bond motifs is 1. The normalized spacial score (nSPS) is 24.6. The van der Waals surface area contributed by atoms with Crippen molar-refractivity contribution >= 4 is 18.8 Å². The second kappa shape index (κ2) is 5.26. The first-order valence-electron chi connectivity index (χ1n) is 7.68. The molecule has 0 amide bonds. The van der Waals surface area contributed by atoms with Crippen molar-refractivity contribution < 1.29 is 0 Å². The van der Waals surface area contributed by atoms with E-state index in [0.29, 0.717) is 0 Å². The summed E-state index contributed by atoms with van der Waals surface area (Å²) < 4.78 is 0. The van der Waals surface area contributed by atoms with Gasteiger partial charge in [-0.3, -0.25) is 4.90 Å². The maximum absolute atomic E-state index is 2.62. The number of benzene rings is 1. The van der Waals surface area contributed by atoms with Gasteiger partial charge in [0.25, 0.3) is 0 Å². The molecule has 0 N–H and O–H groups in total. The van der Waals surface area contributed by atoms with Crippen molar-refractivity contribution in [2.75, 3.05) is 19.6 Å². The lowest BCUT2D eigenvalue weighted by atomic mass is 10.1. The smallest absolute Gasteiger partial charge is 0.0857 e. The number of rotatable bonds is 2. The monoisotopic (exact) mass is 271 g/mol. The van der Waals surface area contributed by atoms with E-state index in [0.717, 1.165) is 6.54 Å². The lowest BCUT2D eigenvalue weighted by molar-refractivity contribution is 0.251. The largest absolute Gasteiger partial charge is 0.300 e. The molecule has 2 aliphatic heterocycles. The zero-order valence-corrected chi connectivity index (χ0v) is 13.3. The van der Waals surface area contributed by atoms with Gasteiger partial charge in [0.05, 0.1) is 8.07 Å². The topological polar surface area (TPSA) is 3.24 Å². The molecule has 0 aromatic heterocycles. The molecule has 0 aliphatic carbocycles. The van der Waals surface area contributed by atoms with Gasteiger partial charge in [0.1, 0.15) is 0 Å². The van der Waals surface area contributed by atoms with Crippen molar-refractivity contribution in [2.45, 2.75) is 38.4 Å². The van der Waals surface area contributed by atoms with E-state index in [4.69, 9.17) is 0 Å². The van der Waals surface area contributed by atoms with Gasteiger partial charge in [0.2, 0.25) is 0 Å². The first-order valence-corrected chi connectivity index (χ1v) is 10.9. The summed E-state index contributed by atoms with van der Waals surface area (Å²) in [4.78, 5) is 2.62. The number of hydrogen-bond acceptors (Lipinski definition) is 1. The summed E-state index contributed by atoms with van der Waals surface area (Å²) in [7, 11) is -1.20. The molecule has 0 radical (unpaired) electrons. The van der Waals surface area contributed by atoms with Crippen molar-refractivity contribution in [3.8, 4) is 0 Å². The Morgan fingerprint density at radius 1 is 1.11 bits per heavy atom. The fourth-order valence-corrected chi connectivity index (χ4v) is 6.58. The van der Waals surface area contributed by atoms with Crippen molar-refractivity contribution in [3.05, 3.63) is 35.9 Å². The third-order valence-electron chi connectivity index (χ3n) is 4.68. The quantitative estimate of drug-likeness (QED) is 0.744. The van der Waals surface area contributed by atoms with E-state index in [2.05, 4.69) is 48.3 Å². The molecule has 2 heteroatoms. The maximum atomic E-state index is 2.62. The Labute approximate surface area is 118 Å². The van der Waals surface area contributed by atoms with Crippen LogP contribution in [0.4, 0.5) is 0 Å². The molecular formula is C17H25NSi. The van der Waals surface area contributed by atoms with Crippen LogP contribution < -0.4 is 5.19 Å². The first kappa shape index (κ1) is 13.1. The highest BCUT2D eigenvalue weighted by atomic mass is 28.3. The molecule has 0 spiro atoms. The third-order valence-corrected chi connectivity index (χ3v) is 7.84. The van der Waals surface area contributed by atoms with E-state index in [9.17, 15) is 0 Å². The number of hydrogen-bond donors (Lipinski definition) is 0. The summed E-state index contributed by atoms with van der Waals surface area (Å²) in [6.07, 6.45) is 6.72. The van der Waals surface area contributed by atoms with Gasteiger partial charge in [-0.25, -0.2) is 0 Å². The minimum Gasteiger partial charge on any atom is -0.300 e. The Kier molecular flexibility index (Phi) is 3.63. The van der Waals surface area contributed by atoms with Crippen molar-refractivity contribution in [1.82, 2.24) is 4.90 Å². The zero-order valence-electron chi connectivity index (χ0n) is 12.3. The molecule has 0 unspecified atom stereocenters. The van der Waals surface area contributed by atoms with E-state index >= 15 is 0 Å². The van der Waals surface area contributed by atoms with E-state index in [1.807, 2.05) is 0 Å². The summed E-state index contributed by atoms with van der Waals surface area (Å²) in [5, 5.41) is 1.67. The highest BCUT2D eigenvalue weighted by molar-refractivity contribution is 6.93. The van der Waals surface area contributed by atoms with Crippen LogP contribution in [0.25, 0.3) is 5.57 Å². The molecule has 0 atom stereocenters. The number of likely N-dealkylation sites (tertiary alicyclic amines) is 1. The summed E-state index contributed by atoms with van der Waals surface area (Å²) in [5.41, 5.74) is 3.18. The fraction of sp³-hybridized carbons (Fsp3) is 0.529. The molecule has 3 rings (SSSR count). The lowest BCUT2D eigenvalue weighted by Gasteiger charge is -2.25. The molecule has 1 aromatic rings. The number of nitrogens with zero attached hydrogens (tertiary/aromatic N) is 1. The average molecular weight is 271 g/mol. The van der Waals surface area contributed by atoms with Gasteiger partial charge >= 0.3 is 0 Å². The van der Waals surface area contributed by atoms with Crippen LogP contribution in [-0.4, -0.2) is 32.6 Å². The van der Waals surface area contributed by atoms with Crippen molar-refractivity contribution in [3.63, 3.8) is 0 Å². The molecule has 1 fully saturated rings. The highest BCUT2D eigenvalue weighted by Gasteiger charge is 2.34. The molecular weight excluding hydrogens is 246 g/mol. The van der Waals surface area contributed by atoms with Gasteiger partial charge in [0, 0.05) is 6.54 Å². The van der Waals surface area contributed by atoms with Crippen LogP contribution in [-0.2, 0) is 0 Å². The first-order chi connectivity index (χ1) is 9.17. The van der Waals surface area contributed by atoms with Crippen LogP contribution in [0.3, 0.4) is 0 Å². The second-order valence-electron chi connectivity index (χ2n) is 6.70. The molecule has 19 heavy (non-hydrogen) atoms. The molecule has 2 heterocycles. The minimum atomic E-state index is -1.20. The van der Waals surface area contributed by atoms with Gasteiger partial charge in [-0.05, 0) is 43.1 Å². The van der Waals surface area contributed by atoms with Gasteiger partial charge in [-0.2, -0.15) is 0 Å². The van der Waals surface area contributed by atoms with Gasteiger partial charge in [0.15, 0.2) is 0 Å². The third kappa shape index (κ3) is 2.70. The van der Waals surface area contributed by atoms with E-state index < -0.39 is 8.07 Å². The van der Waals surface area contributed by atoms with E-state index in [-0.39, 0.29) is 0 Å². The Bertz CT molecular complexity index is 484. The molecule has 0 bridgehead atoms. The Morgan fingerprint density at radius 2 is 1.84 bits per heavy atom. The SMILES string of the molecule is C[Si]1(C)C/C(=C\CN2CCCCC2)c2ccccc21. The van der Waals surface area contributed by atoms with Crippen LogP contribution in [0, 0.1) is 0 Å². The molecule has 0 saturated carbocycles. The van der Waals surface area contributed by atoms with Gasteiger partial charge < -0.3 is 0 Å². The minimum absolute atomic E-state index is 1.16. The molecule has 1 aromatic carbocycles. The van der Waals surface area contributed by atoms with Gasteiger partial charge in [-0.1, -0.05) is 55.0 Å². The maximum Gasteiger partial charge on any atom is 0.0857 e. The van der Waals surface area contributed by atoms with Crippen molar-refractivity contribution in [2.24, 2.45) is 0 Å². The van der Waals surface area contributed by atoms with Crippen LogP contribution in [0.2, 0.25) is 19.1 Å². The average Bonchev–Trinajstić information content (AvgIpc) is 2.70.